The number of aldehydes is 1. The van der Waals surface area contributed by atoms with Gasteiger partial charge in [0.05, 0.1) is 12.1 Å². The number of halogens is 2. The first-order valence-electron chi connectivity index (χ1n) is 3.65. The monoisotopic (exact) mass is 218 g/mol. The maximum absolute atomic E-state index is 10.3. The van der Waals surface area contributed by atoms with Gasteiger partial charge in [-0.15, -0.1) is 0 Å². The SMILES string of the molecule is COc1ccc(CC=O)c(Cl)c1Cl. The van der Waals surface area contributed by atoms with Crippen LogP contribution in [0.2, 0.25) is 10.0 Å². The van der Waals surface area contributed by atoms with Crippen molar-refractivity contribution < 1.29 is 9.53 Å². The largest absolute Gasteiger partial charge is 0.495 e. The van der Waals surface area contributed by atoms with E-state index in [4.69, 9.17) is 27.9 Å². The van der Waals surface area contributed by atoms with Crippen LogP contribution in [0.25, 0.3) is 0 Å². The molecule has 0 saturated heterocycles. The summed E-state index contributed by atoms with van der Waals surface area (Å²) in [6, 6.07) is 3.41. The third kappa shape index (κ3) is 2.14. The first kappa shape index (κ1) is 10.4. The minimum absolute atomic E-state index is 0.266. The molecule has 0 aromatic heterocycles. The molecule has 0 aliphatic carbocycles. The van der Waals surface area contributed by atoms with Gasteiger partial charge in [0.2, 0.25) is 0 Å². The summed E-state index contributed by atoms with van der Waals surface area (Å²) in [5, 5.41) is 0.733. The topological polar surface area (TPSA) is 26.3 Å². The Hall–Kier alpha value is -0.730. The molecule has 0 aliphatic heterocycles. The molecule has 1 rings (SSSR count). The van der Waals surface area contributed by atoms with E-state index in [1.807, 2.05) is 0 Å². The average molecular weight is 219 g/mol. The smallest absolute Gasteiger partial charge is 0.138 e. The van der Waals surface area contributed by atoms with E-state index in [-0.39, 0.29) is 6.42 Å². The van der Waals surface area contributed by atoms with Gasteiger partial charge >= 0.3 is 0 Å². The molecule has 0 spiro atoms. The van der Waals surface area contributed by atoms with Crippen molar-refractivity contribution in [1.29, 1.82) is 0 Å². The second-order valence-corrected chi connectivity index (χ2v) is 3.18. The van der Waals surface area contributed by atoms with E-state index >= 15 is 0 Å². The van der Waals surface area contributed by atoms with Crippen molar-refractivity contribution in [2.75, 3.05) is 7.11 Å². The van der Waals surface area contributed by atoms with Crippen LogP contribution in [0, 0.1) is 0 Å². The molecule has 4 heteroatoms. The fourth-order valence-electron chi connectivity index (χ4n) is 0.977. The zero-order valence-electron chi connectivity index (χ0n) is 7.01. The Morgan fingerprint density at radius 3 is 2.62 bits per heavy atom. The van der Waals surface area contributed by atoms with Gasteiger partial charge in [-0.25, -0.2) is 0 Å². The van der Waals surface area contributed by atoms with E-state index < -0.39 is 0 Å². The molecule has 0 radical (unpaired) electrons. The first-order chi connectivity index (χ1) is 6.20. The van der Waals surface area contributed by atoms with Crippen LogP contribution < -0.4 is 4.74 Å². The number of hydrogen-bond acceptors (Lipinski definition) is 2. The Labute approximate surface area is 86.4 Å². The summed E-state index contributed by atoms with van der Waals surface area (Å²) in [7, 11) is 1.51. The molecule has 1 aromatic rings. The normalized spacial score (nSPS) is 9.77. The number of ether oxygens (including phenoxy) is 1. The molecule has 0 atom stereocenters. The van der Waals surface area contributed by atoms with E-state index in [0.29, 0.717) is 21.4 Å². The molecule has 13 heavy (non-hydrogen) atoms. The van der Waals surface area contributed by atoms with E-state index in [1.165, 1.54) is 7.11 Å². The lowest BCUT2D eigenvalue weighted by molar-refractivity contribution is -0.107. The highest BCUT2D eigenvalue weighted by molar-refractivity contribution is 6.43. The van der Waals surface area contributed by atoms with Crippen LogP contribution in [-0.2, 0) is 11.2 Å². The van der Waals surface area contributed by atoms with Crippen LogP contribution in [0.3, 0.4) is 0 Å². The first-order valence-corrected chi connectivity index (χ1v) is 4.40. The van der Waals surface area contributed by atoms with Crippen molar-refractivity contribution >= 4 is 29.5 Å². The third-order valence-corrected chi connectivity index (χ3v) is 2.55. The van der Waals surface area contributed by atoms with Gasteiger partial charge in [0.25, 0.3) is 0 Å². The molecule has 1 aromatic carbocycles. The number of benzene rings is 1. The molecule has 0 aliphatic rings. The minimum Gasteiger partial charge on any atom is -0.495 e. The Morgan fingerprint density at radius 1 is 1.38 bits per heavy atom. The standard InChI is InChI=1S/C9H8Cl2O2/c1-13-7-3-2-6(4-5-12)8(10)9(7)11/h2-3,5H,4H2,1H3. The summed E-state index contributed by atoms with van der Waals surface area (Å²) in [5.74, 6) is 0.515. The van der Waals surface area contributed by atoms with Crippen LogP contribution >= 0.6 is 23.2 Å². The maximum Gasteiger partial charge on any atom is 0.138 e. The van der Waals surface area contributed by atoms with Crippen LogP contribution in [0.15, 0.2) is 12.1 Å². The summed E-state index contributed by atoms with van der Waals surface area (Å²) in [6.07, 6.45) is 1.05. The molecule has 0 N–H and O–H groups in total. The zero-order chi connectivity index (χ0) is 9.84. The molecule has 0 unspecified atom stereocenters. The number of carbonyl (C=O) groups excluding carboxylic acids is 1. The van der Waals surface area contributed by atoms with E-state index in [9.17, 15) is 4.79 Å². The van der Waals surface area contributed by atoms with Gasteiger partial charge in [-0.05, 0) is 11.6 Å². The molecule has 0 saturated carbocycles. The van der Waals surface area contributed by atoms with Gasteiger partial charge in [-0.3, -0.25) is 0 Å². The van der Waals surface area contributed by atoms with E-state index in [1.54, 1.807) is 12.1 Å². The lowest BCUT2D eigenvalue weighted by Crippen LogP contribution is -1.91. The maximum atomic E-state index is 10.3. The van der Waals surface area contributed by atoms with Crippen molar-refractivity contribution in [3.63, 3.8) is 0 Å². The van der Waals surface area contributed by atoms with Gasteiger partial charge in [0, 0.05) is 6.42 Å². The fraction of sp³-hybridized carbons (Fsp3) is 0.222. The van der Waals surface area contributed by atoms with Crippen molar-refractivity contribution in [2.24, 2.45) is 0 Å². The quantitative estimate of drug-likeness (QED) is 0.730. The van der Waals surface area contributed by atoms with Crippen molar-refractivity contribution in [1.82, 2.24) is 0 Å². The Bertz CT molecular complexity index is 324. The highest BCUT2D eigenvalue weighted by Gasteiger charge is 2.09. The van der Waals surface area contributed by atoms with Crippen LogP contribution in [0.4, 0.5) is 0 Å². The van der Waals surface area contributed by atoms with E-state index in [0.717, 1.165) is 6.29 Å². The average Bonchev–Trinajstić information content (AvgIpc) is 2.14. The molecule has 0 bridgehead atoms. The minimum atomic E-state index is 0.266. The second-order valence-electron chi connectivity index (χ2n) is 2.43. The van der Waals surface area contributed by atoms with Gasteiger partial charge in [0.15, 0.2) is 0 Å². The summed E-state index contributed by atoms with van der Waals surface area (Å²) < 4.78 is 4.95. The van der Waals surface area contributed by atoms with Gasteiger partial charge in [-0.1, -0.05) is 29.3 Å². The summed E-state index contributed by atoms with van der Waals surface area (Å²) in [5.41, 5.74) is 0.711. The van der Waals surface area contributed by atoms with E-state index in [2.05, 4.69) is 0 Å². The van der Waals surface area contributed by atoms with Crippen molar-refractivity contribution in [3.8, 4) is 5.75 Å². The summed E-state index contributed by atoms with van der Waals surface area (Å²) in [4.78, 5) is 10.3. The molecule has 2 nitrogen and oxygen atoms in total. The van der Waals surface area contributed by atoms with Crippen molar-refractivity contribution in [2.45, 2.75) is 6.42 Å². The number of rotatable bonds is 3. The Kier molecular flexibility index (Phi) is 3.58. The number of carbonyl (C=O) groups is 1. The van der Waals surface area contributed by atoms with Gasteiger partial charge in [-0.2, -0.15) is 0 Å². The predicted molar refractivity (Wildman–Crippen MR) is 52.8 cm³/mol. The molecule has 0 heterocycles. The van der Waals surface area contributed by atoms with Crippen molar-refractivity contribution in [3.05, 3.63) is 27.7 Å². The molecule has 0 amide bonds. The highest BCUT2D eigenvalue weighted by Crippen LogP contribution is 2.34. The Balaban J connectivity index is 3.14. The van der Waals surface area contributed by atoms with Gasteiger partial charge < -0.3 is 9.53 Å². The molecular weight excluding hydrogens is 211 g/mol. The highest BCUT2D eigenvalue weighted by atomic mass is 35.5. The van der Waals surface area contributed by atoms with Gasteiger partial charge in [0.1, 0.15) is 17.1 Å². The second kappa shape index (κ2) is 4.49. The number of methoxy groups -OCH3 is 1. The summed E-state index contributed by atoms with van der Waals surface area (Å²) in [6.45, 7) is 0. The number of hydrogen-bond donors (Lipinski definition) is 0. The Morgan fingerprint density at radius 2 is 2.08 bits per heavy atom. The fourth-order valence-corrected chi connectivity index (χ4v) is 1.47. The van der Waals surface area contributed by atoms with Crippen LogP contribution in [0.1, 0.15) is 5.56 Å². The lowest BCUT2D eigenvalue weighted by Gasteiger charge is -2.07. The third-order valence-electron chi connectivity index (χ3n) is 1.65. The zero-order valence-corrected chi connectivity index (χ0v) is 8.52. The molecule has 70 valence electrons. The predicted octanol–water partition coefficient (Wildman–Crippen LogP) is 2.74. The molecular formula is C9H8Cl2O2. The molecule has 0 fully saturated rings. The summed E-state index contributed by atoms with van der Waals surface area (Å²) >= 11 is 11.7. The van der Waals surface area contributed by atoms with Crippen LogP contribution in [0.5, 0.6) is 5.75 Å². The lowest BCUT2D eigenvalue weighted by atomic mass is 10.1. The van der Waals surface area contributed by atoms with Crippen LogP contribution in [-0.4, -0.2) is 13.4 Å².